The summed E-state index contributed by atoms with van der Waals surface area (Å²) in [5, 5.41) is 13.7. The summed E-state index contributed by atoms with van der Waals surface area (Å²) in [6.45, 7) is 2.35. The number of esters is 1. The Morgan fingerprint density at radius 1 is 1.56 bits per heavy atom. The van der Waals surface area contributed by atoms with E-state index in [4.69, 9.17) is 4.74 Å². The van der Waals surface area contributed by atoms with E-state index in [9.17, 15) is 14.9 Å². The standard InChI is InChI=1S/C11H13BrN2O4/c1-2-18-11(15)5-6-13-9-4-3-8(12)7-10(9)14(16)17/h3-4,7,13H,2,5-6H2,1H3. The van der Waals surface area contributed by atoms with Crippen LogP contribution in [0.1, 0.15) is 13.3 Å². The van der Waals surface area contributed by atoms with Gasteiger partial charge in [-0.3, -0.25) is 14.9 Å². The molecule has 0 aliphatic rings. The Labute approximate surface area is 113 Å². The Morgan fingerprint density at radius 3 is 2.89 bits per heavy atom. The molecular formula is C11H13BrN2O4. The number of ether oxygens (including phenoxy) is 1. The van der Waals surface area contributed by atoms with Gasteiger partial charge in [-0.25, -0.2) is 0 Å². The van der Waals surface area contributed by atoms with Gasteiger partial charge in [0, 0.05) is 17.1 Å². The van der Waals surface area contributed by atoms with Gasteiger partial charge in [-0.2, -0.15) is 0 Å². The Morgan fingerprint density at radius 2 is 2.28 bits per heavy atom. The van der Waals surface area contributed by atoms with Gasteiger partial charge in [0.15, 0.2) is 0 Å². The molecule has 7 heteroatoms. The molecule has 0 atom stereocenters. The number of carbonyl (C=O) groups excluding carboxylic acids is 1. The van der Waals surface area contributed by atoms with Gasteiger partial charge in [0.25, 0.3) is 5.69 Å². The van der Waals surface area contributed by atoms with Gasteiger partial charge in [-0.15, -0.1) is 0 Å². The third-order valence-electron chi connectivity index (χ3n) is 2.11. The Bertz CT molecular complexity index is 451. The Hall–Kier alpha value is -1.63. The van der Waals surface area contributed by atoms with Gasteiger partial charge in [-0.1, -0.05) is 15.9 Å². The maximum absolute atomic E-state index is 11.1. The zero-order chi connectivity index (χ0) is 13.5. The van der Waals surface area contributed by atoms with Crippen LogP contribution in [0.2, 0.25) is 0 Å². The molecule has 0 saturated carbocycles. The van der Waals surface area contributed by atoms with Crippen LogP contribution in [0.3, 0.4) is 0 Å². The zero-order valence-electron chi connectivity index (χ0n) is 9.81. The van der Waals surface area contributed by atoms with Crippen molar-refractivity contribution in [3.63, 3.8) is 0 Å². The monoisotopic (exact) mass is 316 g/mol. The van der Waals surface area contributed by atoms with E-state index in [1.54, 1.807) is 19.1 Å². The molecule has 0 spiro atoms. The number of nitrogens with zero attached hydrogens (tertiary/aromatic N) is 1. The van der Waals surface area contributed by atoms with Crippen molar-refractivity contribution in [2.45, 2.75) is 13.3 Å². The van der Waals surface area contributed by atoms with E-state index in [2.05, 4.69) is 21.2 Å². The van der Waals surface area contributed by atoms with Crippen molar-refractivity contribution < 1.29 is 14.5 Å². The van der Waals surface area contributed by atoms with Crippen LogP contribution in [0, 0.1) is 10.1 Å². The number of halogens is 1. The van der Waals surface area contributed by atoms with Crippen LogP contribution >= 0.6 is 15.9 Å². The summed E-state index contributed by atoms with van der Waals surface area (Å²) in [5.41, 5.74) is 0.348. The summed E-state index contributed by atoms with van der Waals surface area (Å²) < 4.78 is 5.39. The molecule has 0 fully saturated rings. The molecule has 98 valence electrons. The van der Waals surface area contributed by atoms with Crippen molar-refractivity contribution in [2.75, 3.05) is 18.5 Å². The Kier molecular flexibility index (Phi) is 5.57. The largest absolute Gasteiger partial charge is 0.466 e. The molecule has 0 saturated heterocycles. The van der Waals surface area contributed by atoms with Crippen LogP contribution < -0.4 is 5.32 Å². The summed E-state index contributed by atoms with van der Waals surface area (Å²) in [6.07, 6.45) is 0.168. The van der Waals surface area contributed by atoms with Gasteiger partial charge >= 0.3 is 5.97 Å². The lowest BCUT2D eigenvalue weighted by Gasteiger charge is -2.07. The molecule has 0 unspecified atom stereocenters. The average Bonchev–Trinajstić information content (AvgIpc) is 2.31. The molecule has 0 aromatic heterocycles. The number of carbonyl (C=O) groups is 1. The average molecular weight is 317 g/mol. The first-order valence-electron chi connectivity index (χ1n) is 5.38. The quantitative estimate of drug-likeness (QED) is 0.495. The number of anilines is 1. The molecule has 0 amide bonds. The fraction of sp³-hybridized carbons (Fsp3) is 0.364. The van der Waals surface area contributed by atoms with E-state index in [1.807, 2.05) is 0 Å². The maximum Gasteiger partial charge on any atom is 0.307 e. The molecule has 0 radical (unpaired) electrons. The molecule has 6 nitrogen and oxygen atoms in total. The highest BCUT2D eigenvalue weighted by Crippen LogP contribution is 2.27. The first kappa shape index (κ1) is 14.4. The van der Waals surface area contributed by atoms with Crippen molar-refractivity contribution in [3.8, 4) is 0 Å². The summed E-state index contributed by atoms with van der Waals surface area (Å²) in [4.78, 5) is 21.5. The lowest BCUT2D eigenvalue weighted by Crippen LogP contribution is -2.12. The number of benzene rings is 1. The predicted octanol–water partition coefficient (Wildman–Crippen LogP) is 2.72. The van der Waals surface area contributed by atoms with E-state index in [0.717, 1.165) is 0 Å². The number of nitrogens with one attached hydrogen (secondary N) is 1. The molecule has 1 rings (SSSR count). The highest BCUT2D eigenvalue weighted by atomic mass is 79.9. The predicted molar refractivity (Wildman–Crippen MR) is 70.5 cm³/mol. The molecule has 0 aliphatic carbocycles. The smallest absolute Gasteiger partial charge is 0.307 e. The minimum Gasteiger partial charge on any atom is -0.466 e. The molecule has 18 heavy (non-hydrogen) atoms. The van der Waals surface area contributed by atoms with Gasteiger partial charge in [0.1, 0.15) is 5.69 Å². The number of hydrogen-bond donors (Lipinski definition) is 1. The summed E-state index contributed by atoms with van der Waals surface area (Å²) >= 11 is 3.17. The molecule has 1 aromatic rings. The number of rotatable bonds is 6. The van der Waals surface area contributed by atoms with E-state index in [1.165, 1.54) is 6.07 Å². The minimum absolute atomic E-state index is 0.0340. The number of nitro benzene ring substituents is 1. The van der Waals surface area contributed by atoms with Crippen molar-refractivity contribution in [3.05, 3.63) is 32.8 Å². The van der Waals surface area contributed by atoms with Crippen LogP contribution in [-0.4, -0.2) is 24.0 Å². The molecule has 1 N–H and O–H groups in total. The number of nitro groups is 1. The summed E-state index contributed by atoms with van der Waals surface area (Å²) in [6, 6.07) is 4.69. The lowest BCUT2D eigenvalue weighted by molar-refractivity contribution is -0.384. The van der Waals surface area contributed by atoms with Crippen LogP contribution in [0.5, 0.6) is 0 Å². The molecule has 0 heterocycles. The van der Waals surface area contributed by atoms with E-state index < -0.39 is 4.92 Å². The summed E-state index contributed by atoms with van der Waals surface area (Å²) in [5.74, 6) is -0.329. The van der Waals surface area contributed by atoms with E-state index in [-0.39, 0.29) is 18.1 Å². The SMILES string of the molecule is CCOC(=O)CCNc1ccc(Br)cc1[N+](=O)[O-]. The highest BCUT2D eigenvalue weighted by Gasteiger charge is 2.14. The first-order chi connectivity index (χ1) is 8.54. The van der Waals surface area contributed by atoms with Crippen LogP contribution in [0.25, 0.3) is 0 Å². The van der Waals surface area contributed by atoms with Gasteiger partial charge in [0.2, 0.25) is 0 Å². The molecular weight excluding hydrogens is 304 g/mol. The Balaban J connectivity index is 2.62. The lowest BCUT2D eigenvalue weighted by atomic mass is 10.2. The fourth-order valence-electron chi connectivity index (χ4n) is 1.34. The highest BCUT2D eigenvalue weighted by molar-refractivity contribution is 9.10. The normalized spacial score (nSPS) is 9.89. The van der Waals surface area contributed by atoms with Crippen molar-refractivity contribution >= 4 is 33.3 Å². The number of hydrogen-bond acceptors (Lipinski definition) is 5. The van der Waals surface area contributed by atoms with Gasteiger partial charge in [0.05, 0.1) is 18.0 Å². The third-order valence-corrected chi connectivity index (χ3v) is 2.60. The second-order valence-corrected chi connectivity index (χ2v) is 4.32. The second-order valence-electron chi connectivity index (χ2n) is 3.40. The molecule has 0 aliphatic heterocycles. The van der Waals surface area contributed by atoms with Crippen LogP contribution in [-0.2, 0) is 9.53 Å². The summed E-state index contributed by atoms with van der Waals surface area (Å²) in [7, 11) is 0. The molecule has 1 aromatic carbocycles. The zero-order valence-corrected chi connectivity index (χ0v) is 11.4. The van der Waals surface area contributed by atoms with E-state index >= 15 is 0 Å². The van der Waals surface area contributed by atoms with Crippen molar-refractivity contribution in [2.24, 2.45) is 0 Å². The van der Waals surface area contributed by atoms with E-state index in [0.29, 0.717) is 23.3 Å². The first-order valence-corrected chi connectivity index (χ1v) is 6.17. The maximum atomic E-state index is 11.1. The second kappa shape index (κ2) is 6.95. The fourth-order valence-corrected chi connectivity index (χ4v) is 1.69. The van der Waals surface area contributed by atoms with Crippen LogP contribution in [0.15, 0.2) is 22.7 Å². The van der Waals surface area contributed by atoms with Crippen LogP contribution in [0.4, 0.5) is 11.4 Å². The topological polar surface area (TPSA) is 81.5 Å². The van der Waals surface area contributed by atoms with Crippen molar-refractivity contribution in [1.82, 2.24) is 0 Å². The van der Waals surface area contributed by atoms with Crippen molar-refractivity contribution in [1.29, 1.82) is 0 Å². The molecule has 0 bridgehead atoms. The van der Waals surface area contributed by atoms with Gasteiger partial charge < -0.3 is 10.1 Å². The third kappa shape index (κ3) is 4.33. The minimum atomic E-state index is -0.475. The van der Waals surface area contributed by atoms with Gasteiger partial charge in [-0.05, 0) is 19.1 Å².